The highest BCUT2D eigenvalue weighted by atomic mass is 32.1. The van der Waals surface area contributed by atoms with Crippen LogP contribution in [0.15, 0.2) is 17.5 Å². The molecule has 114 valence electrons. The number of nitrogens with zero attached hydrogens (tertiary/aromatic N) is 1. The summed E-state index contributed by atoms with van der Waals surface area (Å²) in [4.78, 5) is 26.9. The number of carbonyl (C=O) groups excluding carboxylic acids is 2. The van der Waals surface area contributed by atoms with Crippen LogP contribution in [0.1, 0.15) is 37.5 Å². The zero-order chi connectivity index (χ0) is 14.9. The lowest BCUT2D eigenvalue weighted by Crippen LogP contribution is -2.51. The van der Waals surface area contributed by atoms with E-state index in [2.05, 4.69) is 16.7 Å². The second-order valence-corrected chi connectivity index (χ2v) is 7.24. The Labute approximate surface area is 128 Å². The van der Waals surface area contributed by atoms with Gasteiger partial charge in [-0.3, -0.25) is 4.79 Å². The number of amides is 3. The molecule has 1 aromatic heterocycles. The number of carbonyl (C=O) groups is 2. The average Bonchev–Trinajstić information content (AvgIpc) is 3.05. The minimum atomic E-state index is -0.301. The molecule has 3 amide bonds. The molecular formula is C15H21N3O2S. The Morgan fingerprint density at radius 3 is 2.95 bits per heavy atom. The lowest BCUT2D eigenvalue weighted by molar-refractivity contribution is -0.119. The van der Waals surface area contributed by atoms with Crippen LogP contribution >= 0.6 is 11.3 Å². The molecule has 0 aromatic carbocycles. The van der Waals surface area contributed by atoms with Gasteiger partial charge in [0.1, 0.15) is 0 Å². The molecule has 2 fully saturated rings. The first-order valence-electron chi connectivity index (χ1n) is 7.44. The topological polar surface area (TPSA) is 61.4 Å². The van der Waals surface area contributed by atoms with Crippen molar-refractivity contribution >= 4 is 23.3 Å². The first kappa shape index (κ1) is 14.4. The zero-order valence-corrected chi connectivity index (χ0v) is 13.0. The zero-order valence-electron chi connectivity index (χ0n) is 12.2. The Hall–Kier alpha value is -1.56. The summed E-state index contributed by atoms with van der Waals surface area (Å²) in [6.45, 7) is 3.15. The molecule has 21 heavy (non-hydrogen) atoms. The molecule has 1 aliphatic heterocycles. The summed E-state index contributed by atoms with van der Waals surface area (Å²) in [5, 5.41) is 7.98. The molecule has 2 heterocycles. The summed E-state index contributed by atoms with van der Waals surface area (Å²) in [6, 6.07) is 4.43. The highest BCUT2D eigenvalue weighted by molar-refractivity contribution is 7.09. The molecular weight excluding hydrogens is 286 g/mol. The summed E-state index contributed by atoms with van der Waals surface area (Å²) >= 11 is 1.68. The van der Waals surface area contributed by atoms with E-state index in [1.165, 1.54) is 4.88 Å². The number of hydrogen-bond acceptors (Lipinski definition) is 3. The first-order valence-corrected chi connectivity index (χ1v) is 8.32. The molecule has 6 heteroatoms. The summed E-state index contributed by atoms with van der Waals surface area (Å²) < 4.78 is 0. The fourth-order valence-electron chi connectivity index (χ4n) is 2.68. The van der Waals surface area contributed by atoms with Crippen LogP contribution in [0.25, 0.3) is 0 Å². The molecule has 0 bridgehead atoms. The van der Waals surface area contributed by atoms with E-state index in [1.807, 2.05) is 23.3 Å². The van der Waals surface area contributed by atoms with Crippen LogP contribution in [0, 0.1) is 0 Å². The van der Waals surface area contributed by atoms with Crippen LogP contribution in [-0.2, 0) is 11.3 Å². The predicted molar refractivity (Wildman–Crippen MR) is 82.1 cm³/mol. The maximum atomic E-state index is 12.4. The fourth-order valence-corrected chi connectivity index (χ4v) is 3.38. The number of thiophene rings is 1. The molecule has 3 rings (SSSR count). The third-order valence-corrected chi connectivity index (χ3v) is 4.99. The minimum absolute atomic E-state index is 0.0201. The Morgan fingerprint density at radius 1 is 1.57 bits per heavy atom. The van der Waals surface area contributed by atoms with Crippen molar-refractivity contribution in [2.75, 3.05) is 6.54 Å². The van der Waals surface area contributed by atoms with E-state index in [9.17, 15) is 9.59 Å². The van der Waals surface area contributed by atoms with Crippen molar-refractivity contribution in [3.8, 4) is 0 Å². The summed E-state index contributed by atoms with van der Waals surface area (Å²) in [7, 11) is 0. The summed E-state index contributed by atoms with van der Waals surface area (Å²) in [6.07, 6.45) is 3.51. The lowest BCUT2D eigenvalue weighted by atomic mass is 10.0. The monoisotopic (exact) mass is 307 g/mol. The van der Waals surface area contributed by atoms with Gasteiger partial charge in [0.25, 0.3) is 0 Å². The predicted octanol–water partition coefficient (Wildman–Crippen LogP) is 2.09. The van der Waals surface area contributed by atoms with Crippen LogP contribution in [0.3, 0.4) is 0 Å². The Bertz CT molecular complexity index is 527. The molecule has 0 radical (unpaired) electrons. The number of urea groups is 1. The van der Waals surface area contributed by atoms with Gasteiger partial charge in [-0.25, -0.2) is 4.79 Å². The van der Waals surface area contributed by atoms with Crippen LogP contribution in [0.4, 0.5) is 4.79 Å². The SMILES string of the molecule is CC1(CNC(=O)N(Cc2cccs2)C2CC2)CCC(=O)N1. The quantitative estimate of drug-likeness (QED) is 0.875. The van der Waals surface area contributed by atoms with E-state index in [0.717, 1.165) is 19.3 Å². The molecule has 1 aromatic rings. The molecule has 1 atom stereocenters. The van der Waals surface area contributed by atoms with Crippen molar-refractivity contribution in [1.82, 2.24) is 15.5 Å². The van der Waals surface area contributed by atoms with E-state index in [-0.39, 0.29) is 17.5 Å². The molecule has 5 nitrogen and oxygen atoms in total. The van der Waals surface area contributed by atoms with Gasteiger partial charge in [0.05, 0.1) is 12.1 Å². The Morgan fingerprint density at radius 2 is 2.38 bits per heavy atom. The van der Waals surface area contributed by atoms with Gasteiger partial charge >= 0.3 is 6.03 Å². The smallest absolute Gasteiger partial charge is 0.318 e. The standard InChI is InChI=1S/C15H21N3O2S/c1-15(7-6-13(19)17-15)10-16-14(20)18(11-4-5-11)9-12-3-2-8-21-12/h2-3,8,11H,4-7,9-10H2,1H3,(H,16,20)(H,17,19). The van der Waals surface area contributed by atoms with Crippen molar-refractivity contribution < 1.29 is 9.59 Å². The molecule has 1 unspecified atom stereocenters. The maximum absolute atomic E-state index is 12.4. The molecule has 1 aliphatic carbocycles. The molecule has 2 N–H and O–H groups in total. The number of nitrogens with one attached hydrogen (secondary N) is 2. The van der Waals surface area contributed by atoms with E-state index in [1.54, 1.807) is 11.3 Å². The van der Waals surface area contributed by atoms with Gasteiger partial charge in [-0.2, -0.15) is 0 Å². The maximum Gasteiger partial charge on any atom is 0.318 e. The van der Waals surface area contributed by atoms with Crippen molar-refractivity contribution in [3.63, 3.8) is 0 Å². The minimum Gasteiger partial charge on any atom is -0.349 e. The van der Waals surface area contributed by atoms with Crippen molar-refractivity contribution in [1.29, 1.82) is 0 Å². The van der Waals surface area contributed by atoms with Gasteiger partial charge < -0.3 is 15.5 Å². The fraction of sp³-hybridized carbons (Fsp3) is 0.600. The second-order valence-electron chi connectivity index (χ2n) is 6.21. The Balaban J connectivity index is 1.56. The van der Waals surface area contributed by atoms with E-state index in [0.29, 0.717) is 25.6 Å². The molecule has 2 aliphatic rings. The largest absolute Gasteiger partial charge is 0.349 e. The molecule has 1 saturated carbocycles. The van der Waals surface area contributed by atoms with Gasteiger partial charge in [-0.15, -0.1) is 11.3 Å². The number of rotatable bonds is 5. The summed E-state index contributed by atoms with van der Waals surface area (Å²) in [5.41, 5.74) is -0.301. The third kappa shape index (κ3) is 3.56. The van der Waals surface area contributed by atoms with Gasteiger partial charge in [-0.1, -0.05) is 6.07 Å². The van der Waals surface area contributed by atoms with Gasteiger partial charge in [0.2, 0.25) is 5.91 Å². The molecule has 0 spiro atoms. The van der Waals surface area contributed by atoms with E-state index in [4.69, 9.17) is 0 Å². The van der Waals surface area contributed by atoms with Crippen LogP contribution < -0.4 is 10.6 Å². The van der Waals surface area contributed by atoms with Gasteiger partial charge in [0.15, 0.2) is 0 Å². The van der Waals surface area contributed by atoms with Crippen molar-refractivity contribution in [3.05, 3.63) is 22.4 Å². The molecule has 1 saturated heterocycles. The first-order chi connectivity index (χ1) is 10.1. The second kappa shape index (κ2) is 5.67. The lowest BCUT2D eigenvalue weighted by Gasteiger charge is -2.28. The van der Waals surface area contributed by atoms with Gasteiger partial charge in [-0.05, 0) is 37.6 Å². The van der Waals surface area contributed by atoms with Crippen LogP contribution in [-0.4, -0.2) is 35.0 Å². The van der Waals surface area contributed by atoms with Gasteiger partial charge in [0, 0.05) is 23.9 Å². The van der Waals surface area contributed by atoms with Crippen molar-refractivity contribution in [2.24, 2.45) is 0 Å². The van der Waals surface area contributed by atoms with E-state index >= 15 is 0 Å². The summed E-state index contributed by atoms with van der Waals surface area (Å²) in [5.74, 6) is 0.0735. The van der Waals surface area contributed by atoms with Crippen LogP contribution in [0.5, 0.6) is 0 Å². The third-order valence-electron chi connectivity index (χ3n) is 4.13. The number of hydrogen-bond donors (Lipinski definition) is 2. The Kier molecular flexibility index (Phi) is 3.89. The van der Waals surface area contributed by atoms with Crippen LogP contribution in [0.2, 0.25) is 0 Å². The highest BCUT2D eigenvalue weighted by Crippen LogP contribution is 2.29. The van der Waals surface area contributed by atoms with Crippen molar-refractivity contribution in [2.45, 2.75) is 50.7 Å². The average molecular weight is 307 g/mol. The van der Waals surface area contributed by atoms with E-state index < -0.39 is 0 Å². The normalized spacial score (nSPS) is 24.7. The highest BCUT2D eigenvalue weighted by Gasteiger charge is 2.36.